The van der Waals surface area contributed by atoms with Crippen molar-refractivity contribution in [3.05, 3.63) is 108 Å². The normalized spacial score (nSPS) is 19.7. The molecule has 0 amide bonds. The van der Waals surface area contributed by atoms with Crippen molar-refractivity contribution in [1.82, 2.24) is 0 Å². The number of ether oxygens (including phenoxy) is 3. The molecule has 0 bridgehead atoms. The minimum absolute atomic E-state index is 0.0895. The summed E-state index contributed by atoms with van der Waals surface area (Å²) in [5.41, 5.74) is 2.24. The van der Waals surface area contributed by atoms with Crippen LogP contribution in [-0.4, -0.2) is 30.4 Å². The van der Waals surface area contributed by atoms with Crippen LogP contribution in [0, 0.1) is 11.8 Å². The van der Waals surface area contributed by atoms with Gasteiger partial charge in [0.1, 0.15) is 6.10 Å². The standard InChI is InChI=1S/C29H28O4/c1-29(27(33-29)22-31-21-24-13-7-3-8-14-24)20-19-26(18-17-23-11-5-2-6-12-23)32-28(30)25-15-9-4-10-16-25/h2-16,26-27H,17-18,21-22H2,1H3. The molecule has 0 aromatic heterocycles. The topological polar surface area (TPSA) is 48.1 Å². The number of epoxide rings is 1. The van der Waals surface area contributed by atoms with Crippen LogP contribution < -0.4 is 0 Å². The lowest BCUT2D eigenvalue weighted by Crippen LogP contribution is -2.19. The lowest BCUT2D eigenvalue weighted by Gasteiger charge is -2.13. The van der Waals surface area contributed by atoms with E-state index in [0.29, 0.717) is 25.2 Å². The van der Waals surface area contributed by atoms with Crippen LogP contribution in [0.5, 0.6) is 0 Å². The molecule has 1 heterocycles. The number of esters is 1. The van der Waals surface area contributed by atoms with Crippen LogP contribution >= 0.6 is 0 Å². The highest BCUT2D eigenvalue weighted by Crippen LogP contribution is 2.35. The van der Waals surface area contributed by atoms with Gasteiger partial charge in [0.25, 0.3) is 0 Å². The predicted octanol–water partition coefficient (Wildman–Crippen LogP) is 5.22. The Morgan fingerprint density at radius 1 is 0.939 bits per heavy atom. The summed E-state index contributed by atoms with van der Waals surface area (Å²) >= 11 is 0. The van der Waals surface area contributed by atoms with Crippen molar-refractivity contribution in [3.8, 4) is 11.8 Å². The second-order valence-electron chi connectivity index (χ2n) is 8.27. The van der Waals surface area contributed by atoms with Crippen molar-refractivity contribution in [2.75, 3.05) is 6.61 Å². The van der Waals surface area contributed by atoms with Crippen LogP contribution in [0.2, 0.25) is 0 Å². The lowest BCUT2D eigenvalue weighted by molar-refractivity contribution is 0.0397. The maximum atomic E-state index is 12.6. The van der Waals surface area contributed by atoms with Crippen LogP contribution in [0.15, 0.2) is 91.0 Å². The summed E-state index contributed by atoms with van der Waals surface area (Å²) in [6.07, 6.45) is 0.766. The summed E-state index contributed by atoms with van der Waals surface area (Å²) in [5.74, 6) is 5.99. The number of rotatable bonds is 9. The molecule has 0 radical (unpaired) electrons. The molecule has 1 aliphatic rings. The molecule has 3 unspecified atom stereocenters. The summed E-state index contributed by atoms with van der Waals surface area (Å²) in [4.78, 5) is 12.6. The summed E-state index contributed by atoms with van der Waals surface area (Å²) < 4.78 is 17.4. The molecule has 0 N–H and O–H groups in total. The Labute approximate surface area is 195 Å². The fourth-order valence-electron chi connectivity index (χ4n) is 3.52. The first-order chi connectivity index (χ1) is 16.1. The fourth-order valence-corrected chi connectivity index (χ4v) is 3.52. The molecule has 0 saturated carbocycles. The van der Waals surface area contributed by atoms with Gasteiger partial charge in [-0.1, -0.05) is 90.7 Å². The first kappa shape index (κ1) is 22.8. The van der Waals surface area contributed by atoms with Gasteiger partial charge < -0.3 is 14.2 Å². The Balaban J connectivity index is 1.35. The van der Waals surface area contributed by atoms with Crippen molar-refractivity contribution in [1.29, 1.82) is 0 Å². The molecule has 3 aromatic rings. The number of carbonyl (C=O) groups excluding carboxylic acids is 1. The maximum absolute atomic E-state index is 12.6. The van der Waals surface area contributed by atoms with E-state index in [1.807, 2.05) is 73.7 Å². The zero-order valence-corrected chi connectivity index (χ0v) is 18.8. The van der Waals surface area contributed by atoms with E-state index in [1.54, 1.807) is 12.1 Å². The Morgan fingerprint density at radius 3 is 2.21 bits per heavy atom. The summed E-state index contributed by atoms with van der Waals surface area (Å²) in [6, 6.07) is 29.2. The molecule has 1 saturated heterocycles. The number of hydrogen-bond donors (Lipinski definition) is 0. The predicted molar refractivity (Wildman–Crippen MR) is 128 cm³/mol. The molecule has 1 fully saturated rings. The van der Waals surface area contributed by atoms with Gasteiger partial charge in [0, 0.05) is 0 Å². The van der Waals surface area contributed by atoms with Gasteiger partial charge in [0.15, 0.2) is 11.7 Å². The van der Waals surface area contributed by atoms with E-state index in [1.165, 1.54) is 5.56 Å². The highest BCUT2D eigenvalue weighted by molar-refractivity contribution is 5.89. The van der Waals surface area contributed by atoms with Crippen molar-refractivity contribution in [3.63, 3.8) is 0 Å². The highest BCUT2D eigenvalue weighted by atomic mass is 16.6. The van der Waals surface area contributed by atoms with Gasteiger partial charge in [-0.3, -0.25) is 0 Å². The van der Waals surface area contributed by atoms with E-state index in [0.717, 1.165) is 12.0 Å². The molecule has 33 heavy (non-hydrogen) atoms. The quantitative estimate of drug-likeness (QED) is 0.260. The zero-order valence-electron chi connectivity index (χ0n) is 18.8. The third-order valence-electron chi connectivity index (χ3n) is 5.60. The maximum Gasteiger partial charge on any atom is 0.339 e. The van der Waals surface area contributed by atoms with Gasteiger partial charge in [0.05, 0.1) is 18.8 Å². The third-order valence-corrected chi connectivity index (χ3v) is 5.60. The van der Waals surface area contributed by atoms with Gasteiger partial charge in [0.2, 0.25) is 0 Å². The minimum atomic E-state index is -0.583. The summed E-state index contributed by atoms with van der Waals surface area (Å²) in [7, 11) is 0. The van der Waals surface area contributed by atoms with Crippen LogP contribution in [0.1, 0.15) is 34.8 Å². The third kappa shape index (κ3) is 6.79. The number of benzene rings is 3. The number of carbonyl (C=O) groups is 1. The molecule has 4 nitrogen and oxygen atoms in total. The Morgan fingerprint density at radius 2 is 1.55 bits per heavy atom. The van der Waals surface area contributed by atoms with Gasteiger partial charge in [-0.25, -0.2) is 4.79 Å². The summed E-state index contributed by atoms with van der Waals surface area (Å²) in [6.45, 7) is 2.96. The van der Waals surface area contributed by atoms with Crippen molar-refractivity contribution < 1.29 is 19.0 Å². The Hall–Kier alpha value is -3.39. The SMILES string of the molecule is CC1(C#CC(CCc2ccccc2)OC(=O)c2ccccc2)OC1COCc1ccccc1. The monoisotopic (exact) mass is 440 g/mol. The van der Waals surface area contributed by atoms with Crippen molar-refractivity contribution >= 4 is 5.97 Å². The second kappa shape index (κ2) is 11.0. The molecule has 3 aromatic carbocycles. The molecule has 0 aliphatic carbocycles. The van der Waals surface area contributed by atoms with E-state index in [-0.39, 0.29) is 12.1 Å². The summed E-state index contributed by atoms with van der Waals surface area (Å²) in [5, 5.41) is 0. The Bertz CT molecular complexity index is 1090. The molecule has 0 spiro atoms. The zero-order chi connectivity index (χ0) is 22.9. The average molecular weight is 441 g/mol. The van der Waals surface area contributed by atoms with E-state index < -0.39 is 11.7 Å². The Kier molecular flexibility index (Phi) is 7.57. The smallest absolute Gasteiger partial charge is 0.339 e. The van der Waals surface area contributed by atoms with Crippen LogP contribution in [0.3, 0.4) is 0 Å². The van der Waals surface area contributed by atoms with Crippen molar-refractivity contribution in [2.24, 2.45) is 0 Å². The lowest BCUT2D eigenvalue weighted by atomic mass is 10.0. The van der Waals surface area contributed by atoms with E-state index >= 15 is 0 Å². The first-order valence-corrected chi connectivity index (χ1v) is 11.2. The van der Waals surface area contributed by atoms with Gasteiger partial charge in [-0.2, -0.15) is 0 Å². The van der Waals surface area contributed by atoms with Crippen LogP contribution in [0.25, 0.3) is 0 Å². The van der Waals surface area contributed by atoms with Crippen LogP contribution in [-0.2, 0) is 27.2 Å². The average Bonchev–Trinajstić information content (AvgIpc) is 3.52. The van der Waals surface area contributed by atoms with E-state index in [4.69, 9.17) is 14.2 Å². The van der Waals surface area contributed by atoms with Gasteiger partial charge >= 0.3 is 5.97 Å². The molecule has 1 aliphatic heterocycles. The molecular weight excluding hydrogens is 412 g/mol. The highest BCUT2D eigenvalue weighted by Gasteiger charge is 2.51. The van der Waals surface area contributed by atoms with E-state index in [9.17, 15) is 4.79 Å². The van der Waals surface area contributed by atoms with Crippen LogP contribution in [0.4, 0.5) is 0 Å². The largest absolute Gasteiger partial charge is 0.446 e. The van der Waals surface area contributed by atoms with Gasteiger partial charge in [-0.05, 0) is 43.0 Å². The molecule has 4 heteroatoms. The molecular formula is C29H28O4. The number of hydrogen-bond acceptors (Lipinski definition) is 4. The second-order valence-corrected chi connectivity index (χ2v) is 8.27. The minimum Gasteiger partial charge on any atom is -0.446 e. The van der Waals surface area contributed by atoms with E-state index in [2.05, 4.69) is 24.0 Å². The number of aryl methyl sites for hydroxylation is 1. The fraction of sp³-hybridized carbons (Fsp3) is 0.276. The molecule has 4 rings (SSSR count). The van der Waals surface area contributed by atoms with Gasteiger partial charge in [-0.15, -0.1) is 0 Å². The molecule has 3 atom stereocenters. The first-order valence-electron chi connectivity index (χ1n) is 11.2. The van der Waals surface area contributed by atoms with Crippen molar-refractivity contribution in [2.45, 2.75) is 44.2 Å². The molecule has 168 valence electrons.